The number of carbonyl (C=O) groups is 2. The van der Waals surface area contributed by atoms with Gasteiger partial charge in [-0.3, -0.25) is 9.59 Å². The maximum absolute atomic E-state index is 12.6. The van der Waals surface area contributed by atoms with Crippen LogP contribution >= 0.6 is 11.6 Å². The highest BCUT2D eigenvalue weighted by molar-refractivity contribution is 6.30. The first-order valence-electron chi connectivity index (χ1n) is 8.75. The van der Waals surface area contributed by atoms with Crippen molar-refractivity contribution >= 4 is 40.5 Å². The summed E-state index contributed by atoms with van der Waals surface area (Å²) in [7, 11) is 0. The van der Waals surface area contributed by atoms with E-state index < -0.39 is 0 Å². The van der Waals surface area contributed by atoms with Gasteiger partial charge in [0, 0.05) is 22.1 Å². The van der Waals surface area contributed by atoms with Crippen molar-refractivity contribution in [3.8, 4) is 6.07 Å². The Bertz CT molecular complexity index is 1070. The summed E-state index contributed by atoms with van der Waals surface area (Å²) in [5.74, 6) is -0.606. The van der Waals surface area contributed by atoms with Crippen molar-refractivity contribution in [3.05, 3.63) is 88.9 Å². The number of halogens is 1. The maximum Gasteiger partial charge on any atom is 0.257 e. The van der Waals surface area contributed by atoms with E-state index in [0.717, 1.165) is 0 Å². The summed E-state index contributed by atoms with van der Waals surface area (Å²) in [4.78, 5) is 24.8. The third-order valence-electron chi connectivity index (χ3n) is 3.99. The van der Waals surface area contributed by atoms with Gasteiger partial charge in [-0.2, -0.15) is 5.26 Å². The largest absolute Gasteiger partial charge is 0.376 e. The second-order valence-corrected chi connectivity index (χ2v) is 6.54. The first-order chi connectivity index (χ1) is 14.0. The Kier molecular flexibility index (Phi) is 6.46. The number of nitrogens with one attached hydrogen (secondary N) is 3. The Balaban J connectivity index is 1.64. The third kappa shape index (κ3) is 5.58. The minimum Gasteiger partial charge on any atom is -0.376 e. The van der Waals surface area contributed by atoms with Gasteiger partial charge in [0.25, 0.3) is 5.91 Å². The van der Waals surface area contributed by atoms with E-state index in [-0.39, 0.29) is 18.4 Å². The van der Waals surface area contributed by atoms with E-state index in [1.165, 1.54) is 0 Å². The lowest BCUT2D eigenvalue weighted by Gasteiger charge is -2.12. The molecular formula is C22H17ClN4O2. The smallest absolute Gasteiger partial charge is 0.257 e. The molecular weight excluding hydrogens is 388 g/mol. The Morgan fingerprint density at radius 2 is 1.66 bits per heavy atom. The Morgan fingerprint density at radius 3 is 2.41 bits per heavy atom. The average molecular weight is 405 g/mol. The monoisotopic (exact) mass is 404 g/mol. The highest BCUT2D eigenvalue weighted by Gasteiger charge is 2.12. The Labute approximate surface area is 173 Å². The molecule has 0 aromatic heterocycles. The summed E-state index contributed by atoms with van der Waals surface area (Å²) in [5, 5.41) is 18.0. The fourth-order valence-corrected chi connectivity index (χ4v) is 2.74. The van der Waals surface area contributed by atoms with Crippen LogP contribution in [0.3, 0.4) is 0 Å². The predicted molar refractivity (Wildman–Crippen MR) is 114 cm³/mol. The molecule has 0 heterocycles. The van der Waals surface area contributed by atoms with Gasteiger partial charge in [0.1, 0.15) is 0 Å². The molecule has 0 saturated heterocycles. The predicted octanol–water partition coefficient (Wildman–Crippen LogP) is 4.51. The van der Waals surface area contributed by atoms with Crippen LogP contribution in [0.1, 0.15) is 15.9 Å². The van der Waals surface area contributed by atoms with Crippen LogP contribution in [0.25, 0.3) is 0 Å². The number of nitrogens with zero attached hydrogens (tertiary/aromatic N) is 1. The van der Waals surface area contributed by atoms with Crippen LogP contribution in [-0.4, -0.2) is 18.4 Å². The summed E-state index contributed by atoms with van der Waals surface area (Å²) >= 11 is 5.86. The molecule has 3 aromatic carbocycles. The van der Waals surface area contributed by atoms with Crippen LogP contribution in [0.15, 0.2) is 72.8 Å². The number of hydrogen-bond donors (Lipinski definition) is 3. The number of carbonyl (C=O) groups excluding carboxylic acids is 2. The van der Waals surface area contributed by atoms with E-state index in [1.807, 2.05) is 6.07 Å². The highest BCUT2D eigenvalue weighted by Crippen LogP contribution is 2.19. The molecule has 0 aliphatic carbocycles. The van der Waals surface area contributed by atoms with Crippen LogP contribution in [0.5, 0.6) is 0 Å². The molecule has 0 bridgehead atoms. The first kappa shape index (κ1) is 19.9. The fourth-order valence-electron chi connectivity index (χ4n) is 2.61. The third-order valence-corrected chi connectivity index (χ3v) is 4.24. The minimum absolute atomic E-state index is 0.0397. The number of anilines is 3. The van der Waals surface area contributed by atoms with Gasteiger partial charge < -0.3 is 16.0 Å². The molecule has 0 atom stereocenters. The number of rotatable bonds is 6. The van der Waals surface area contributed by atoms with Crippen LogP contribution < -0.4 is 16.0 Å². The van der Waals surface area contributed by atoms with Crippen molar-refractivity contribution in [2.75, 3.05) is 22.5 Å². The van der Waals surface area contributed by atoms with Crippen LogP contribution in [-0.2, 0) is 4.79 Å². The zero-order chi connectivity index (χ0) is 20.6. The van der Waals surface area contributed by atoms with Gasteiger partial charge in [-0.05, 0) is 54.6 Å². The van der Waals surface area contributed by atoms with Crippen molar-refractivity contribution in [1.82, 2.24) is 0 Å². The molecule has 3 aromatic rings. The van der Waals surface area contributed by atoms with Crippen LogP contribution in [0.4, 0.5) is 17.1 Å². The van der Waals surface area contributed by atoms with E-state index in [2.05, 4.69) is 16.0 Å². The SMILES string of the molecule is N#Cc1cccc(NC(=O)CNc2ccccc2C(=O)Nc2ccc(Cl)cc2)c1. The van der Waals surface area contributed by atoms with Gasteiger partial charge >= 0.3 is 0 Å². The molecule has 0 spiro atoms. The van der Waals surface area contributed by atoms with Crippen molar-refractivity contribution in [1.29, 1.82) is 5.26 Å². The summed E-state index contributed by atoms with van der Waals surface area (Å²) < 4.78 is 0. The van der Waals surface area contributed by atoms with E-state index in [1.54, 1.807) is 72.8 Å². The number of nitriles is 1. The molecule has 6 nitrogen and oxygen atoms in total. The quantitative estimate of drug-likeness (QED) is 0.563. The van der Waals surface area contributed by atoms with Crippen molar-refractivity contribution < 1.29 is 9.59 Å². The van der Waals surface area contributed by atoms with Gasteiger partial charge in [0.2, 0.25) is 5.91 Å². The van der Waals surface area contributed by atoms with E-state index in [4.69, 9.17) is 16.9 Å². The summed E-state index contributed by atoms with van der Waals surface area (Å²) in [6, 6.07) is 22.4. The fraction of sp³-hybridized carbons (Fsp3) is 0.0455. The van der Waals surface area contributed by atoms with Gasteiger partial charge in [-0.1, -0.05) is 29.8 Å². The highest BCUT2D eigenvalue weighted by atomic mass is 35.5. The standard InChI is InChI=1S/C22H17ClN4O2/c23-16-8-10-17(11-9-16)27-22(29)19-6-1-2-7-20(19)25-14-21(28)26-18-5-3-4-15(12-18)13-24/h1-12,25H,14H2,(H,26,28)(H,27,29). The summed E-state index contributed by atoms with van der Waals surface area (Å²) in [6.07, 6.45) is 0. The number of para-hydroxylation sites is 1. The molecule has 0 saturated carbocycles. The molecule has 7 heteroatoms. The Hall–Kier alpha value is -3.82. The number of amides is 2. The molecule has 0 aliphatic heterocycles. The van der Waals surface area contributed by atoms with Crippen LogP contribution in [0, 0.1) is 11.3 Å². The molecule has 2 amide bonds. The average Bonchev–Trinajstić information content (AvgIpc) is 2.74. The molecule has 29 heavy (non-hydrogen) atoms. The summed E-state index contributed by atoms with van der Waals surface area (Å²) in [6.45, 7) is -0.0397. The molecule has 3 rings (SSSR count). The van der Waals surface area contributed by atoms with Crippen molar-refractivity contribution in [3.63, 3.8) is 0 Å². The van der Waals surface area contributed by atoms with E-state index in [0.29, 0.717) is 33.2 Å². The maximum atomic E-state index is 12.6. The number of hydrogen-bond acceptors (Lipinski definition) is 4. The second kappa shape index (κ2) is 9.40. The van der Waals surface area contributed by atoms with Crippen molar-refractivity contribution in [2.24, 2.45) is 0 Å². The van der Waals surface area contributed by atoms with Gasteiger partial charge in [-0.15, -0.1) is 0 Å². The molecule has 0 unspecified atom stereocenters. The zero-order valence-electron chi connectivity index (χ0n) is 15.3. The lowest BCUT2D eigenvalue weighted by Crippen LogP contribution is -2.23. The second-order valence-electron chi connectivity index (χ2n) is 6.10. The first-order valence-corrected chi connectivity index (χ1v) is 9.13. The topological polar surface area (TPSA) is 94.0 Å². The summed E-state index contributed by atoms with van der Waals surface area (Å²) in [5.41, 5.74) is 2.54. The normalized spacial score (nSPS) is 9.93. The van der Waals surface area contributed by atoms with E-state index in [9.17, 15) is 9.59 Å². The minimum atomic E-state index is -0.308. The van der Waals surface area contributed by atoms with Gasteiger partial charge in [0.15, 0.2) is 0 Å². The number of benzene rings is 3. The lowest BCUT2D eigenvalue weighted by atomic mass is 10.1. The Morgan fingerprint density at radius 1 is 0.897 bits per heavy atom. The van der Waals surface area contributed by atoms with E-state index >= 15 is 0 Å². The van der Waals surface area contributed by atoms with Crippen molar-refractivity contribution in [2.45, 2.75) is 0 Å². The van der Waals surface area contributed by atoms with Gasteiger partial charge in [-0.25, -0.2) is 0 Å². The molecule has 0 fully saturated rings. The molecule has 0 aliphatic rings. The van der Waals surface area contributed by atoms with Gasteiger partial charge in [0.05, 0.1) is 23.7 Å². The molecule has 3 N–H and O–H groups in total. The lowest BCUT2D eigenvalue weighted by molar-refractivity contribution is -0.114. The van der Waals surface area contributed by atoms with Crippen LogP contribution in [0.2, 0.25) is 5.02 Å². The zero-order valence-corrected chi connectivity index (χ0v) is 16.0. The molecule has 144 valence electrons. The molecule has 0 radical (unpaired) electrons.